The van der Waals surface area contributed by atoms with Crippen LogP contribution in [0.4, 0.5) is 28.8 Å². The van der Waals surface area contributed by atoms with Gasteiger partial charge in [-0.2, -0.15) is 4.98 Å². The Hall–Kier alpha value is -3.61. The third-order valence-electron chi connectivity index (χ3n) is 4.49. The summed E-state index contributed by atoms with van der Waals surface area (Å²) in [5, 5.41) is 6.43. The van der Waals surface area contributed by atoms with Gasteiger partial charge in [0, 0.05) is 36.3 Å². The highest BCUT2D eigenvalue weighted by Crippen LogP contribution is 2.21. The van der Waals surface area contributed by atoms with Crippen molar-refractivity contribution >= 4 is 34.8 Å². The highest BCUT2D eigenvalue weighted by molar-refractivity contribution is 5.89. The smallest absolute Gasteiger partial charge is 0.337 e. The van der Waals surface area contributed by atoms with Gasteiger partial charge in [0.15, 0.2) is 0 Å². The van der Waals surface area contributed by atoms with Crippen molar-refractivity contribution in [1.29, 1.82) is 0 Å². The van der Waals surface area contributed by atoms with E-state index in [1.165, 1.54) is 12.8 Å². The number of hydrogen-bond donors (Lipinski definition) is 2. The lowest BCUT2D eigenvalue weighted by atomic mass is 10.2. The third kappa shape index (κ3) is 5.22. The van der Waals surface area contributed by atoms with Crippen LogP contribution in [-0.4, -0.2) is 36.1 Å². The number of nitrogens with one attached hydrogen (secondary N) is 2. The van der Waals surface area contributed by atoms with E-state index >= 15 is 0 Å². The zero-order valence-electron chi connectivity index (χ0n) is 16.8. The molecular formula is C22H25N5O2. The molecule has 0 aliphatic heterocycles. The van der Waals surface area contributed by atoms with Crippen LogP contribution in [-0.2, 0) is 4.74 Å². The highest BCUT2D eigenvalue weighted by atomic mass is 16.5. The van der Waals surface area contributed by atoms with Crippen LogP contribution in [0.15, 0.2) is 60.8 Å². The minimum atomic E-state index is -0.369. The predicted octanol–water partition coefficient (Wildman–Crippen LogP) is 4.60. The second-order valence-electron chi connectivity index (χ2n) is 6.30. The molecule has 0 unspecified atom stereocenters. The van der Waals surface area contributed by atoms with E-state index in [1.807, 2.05) is 18.2 Å². The summed E-state index contributed by atoms with van der Waals surface area (Å²) in [5.74, 6) is 0.774. The van der Waals surface area contributed by atoms with Gasteiger partial charge in [0.05, 0.1) is 12.7 Å². The molecular weight excluding hydrogens is 366 g/mol. The summed E-state index contributed by atoms with van der Waals surface area (Å²) >= 11 is 0. The van der Waals surface area contributed by atoms with E-state index in [4.69, 9.17) is 4.74 Å². The van der Waals surface area contributed by atoms with Gasteiger partial charge < -0.3 is 20.3 Å². The maximum absolute atomic E-state index is 11.5. The second kappa shape index (κ2) is 9.54. The van der Waals surface area contributed by atoms with E-state index in [2.05, 4.69) is 51.5 Å². The van der Waals surface area contributed by atoms with Crippen molar-refractivity contribution in [2.45, 2.75) is 13.8 Å². The number of carbonyl (C=O) groups is 1. The molecule has 0 fully saturated rings. The molecule has 0 radical (unpaired) electrons. The van der Waals surface area contributed by atoms with E-state index < -0.39 is 0 Å². The minimum absolute atomic E-state index is 0.369. The maximum atomic E-state index is 11.5. The quantitative estimate of drug-likeness (QED) is 0.543. The number of benzene rings is 2. The number of carbonyl (C=O) groups excluding carboxylic acids is 1. The number of aromatic nitrogens is 2. The molecule has 0 bridgehead atoms. The normalized spacial score (nSPS) is 10.3. The maximum Gasteiger partial charge on any atom is 0.337 e. The first-order chi connectivity index (χ1) is 14.1. The number of anilines is 5. The molecule has 150 valence electrons. The molecule has 0 aliphatic carbocycles. The van der Waals surface area contributed by atoms with E-state index in [1.54, 1.807) is 30.5 Å². The summed E-state index contributed by atoms with van der Waals surface area (Å²) in [6.45, 7) is 6.25. The Balaban J connectivity index is 1.67. The average molecular weight is 391 g/mol. The molecule has 3 aromatic rings. The van der Waals surface area contributed by atoms with Gasteiger partial charge in [-0.05, 0) is 68.4 Å². The highest BCUT2D eigenvalue weighted by Gasteiger charge is 2.06. The van der Waals surface area contributed by atoms with Gasteiger partial charge in [0.1, 0.15) is 5.82 Å². The summed E-state index contributed by atoms with van der Waals surface area (Å²) in [7, 11) is 1.36. The predicted molar refractivity (Wildman–Crippen MR) is 116 cm³/mol. The van der Waals surface area contributed by atoms with E-state index in [-0.39, 0.29) is 5.97 Å². The van der Waals surface area contributed by atoms with Gasteiger partial charge in [-0.15, -0.1) is 0 Å². The van der Waals surface area contributed by atoms with E-state index in [0.29, 0.717) is 17.3 Å². The van der Waals surface area contributed by atoms with Gasteiger partial charge in [0.25, 0.3) is 0 Å². The summed E-state index contributed by atoms with van der Waals surface area (Å²) in [4.78, 5) is 22.5. The lowest BCUT2D eigenvalue weighted by Gasteiger charge is -2.21. The molecule has 3 rings (SSSR count). The molecule has 7 heteroatoms. The number of esters is 1. The van der Waals surface area contributed by atoms with Gasteiger partial charge in [-0.1, -0.05) is 0 Å². The summed E-state index contributed by atoms with van der Waals surface area (Å²) in [6, 6.07) is 17.0. The molecule has 0 amide bonds. The van der Waals surface area contributed by atoms with Crippen molar-refractivity contribution in [1.82, 2.24) is 9.97 Å². The van der Waals surface area contributed by atoms with Gasteiger partial charge in [-0.3, -0.25) is 0 Å². The summed E-state index contributed by atoms with van der Waals surface area (Å²) in [6.07, 6.45) is 1.69. The number of nitrogens with zero attached hydrogens (tertiary/aromatic N) is 3. The van der Waals surface area contributed by atoms with Crippen LogP contribution in [0.3, 0.4) is 0 Å². The van der Waals surface area contributed by atoms with Crippen molar-refractivity contribution in [2.24, 2.45) is 0 Å². The molecule has 1 aromatic heterocycles. The van der Waals surface area contributed by atoms with E-state index in [9.17, 15) is 4.79 Å². The van der Waals surface area contributed by atoms with Crippen molar-refractivity contribution in [3.8, 4) is 0 Å². The fourth-order valence-electron chi connectivity index (χ4n) is 2.92. The van der Waals surface area contributed by atoms with Crippen LogP contribution in [0.5, 0.6) is 0 Å². The van der Waals surface area contributed by atoms with Crippen molar-refractivity contribution in [3.63, 3.8) is 0 Å². The SMILES string of the molecule is CCN(CC)c1ccc(Nc2ccnc(Nc3ccc(C(=O)OC)cc3)n2)cc1. The zero-order chi connectivity index (χ0) is 20.6. The van der Waals surface area contributed by atoms with Crippen LogP contribution >= 0.6 is 0 Å². The lowest BCUT2D eigenvalue weighted by molar-refractivity contribution is 0.0601. The van der Waals surface area contributed by atoms with Crippen LogP contribution in [0.25, 0.3) is 0 Å². The number of hydrogen-bond acceptors (Lipinski definition) is 7. The largest absolute Gasteiger partial charge is 0.465 e. The number of methoxy groups -OCH3 is 1. The Kier molecular flexibility index (Phi) is 6.63. The molecule has 0 saturated carbocycles. The molecule has 2 N–H and O–H groups in total. The Labute approximate surface area is 170 Å². The molecule has 0 atom stereocenters. The van der Waals surface area contributed by atoms with Gasteiger partial charge in [0.2, 0.25) is 5.95 Å². The monoisotopic (exact) mass is 391 g/mol. The van der Waals surface area contributed by atoms with Crippen LogP contribution < -0.4 is 15.5 Å². The first kappa shape index (κ1) is 20.1. The zero-order valence-corrected chi connectivity index (χ0v) is 16.8. The van der Waals surface area contributed by atoms with Crippen LogP contribution in [0, 0.1) is 0 Å². The number of rotatable bonds is 8. The van der Waals surface area contributed by atoms with Crippen molar-refractivity contribution < 1.29 is 9.53 Å². The molecule has 7 nitrogen and oxygen atoms in total. The molecule has 0 spiro atoms. The molecule has 1 heterocycles. The second-order valence-corrected chi connectivity index (χ2v) is 6.30. The fraction of sp³-hybridized carbons (Fsp3) is 0.227. The summed E-state index contributed by atoms with van der Waals surface area (Å²) < 4.78 is 4.70. The molecule has 0 aliphatic rings. The average Bonchev–Trinajstić information content (AvgIpc) is 2.76. The van der Waals surface area contributed by atoms with Crippen LogP contribution in [0.2, 0.25) is 0 Å². The van der Waals surface area contributed by atoms with Crippen LogP contribution in [0.1, 0.15) is 24.2 Å². The number of ether oxygens (including phenoxy) is 1. The Bertz CT molecular complexity index is 938. The fourth-order valence-corrected chi connectivity index (χ4v) is 2.92. The Morgan fingerprint density at radius 2 is 1.55 bits per heavy atom. The van der Waals surface area contributed by atoms with Crippen molar-refractivity contribution in [3.05, 3.63) is 66.4 Å². The third-order valence-corrected chi connectivity index (χ3v) is 4.49. The van der Waals surface area contributed by atoms with E-state index in [0.717, 1.165) is 24.5 Å². The molecule has 0 saturated heterocycles. The van der Waals surface area contributed by atoms with Crippen molar-refractivity contribution in [2.75, 3.05) is 35.7 Å². The Morgan fingerprint density at radius 1 is 0.931 bits per heavy atom. The Morgan fingerprint density at radius 3 is 2.17 bits per heavy atom. The lowest BCUT2D eigenvalue weighted by Crippen LogP contribution is -2.21. The first-order valence-corrected chi connectivity index (χ1v) is 9.53. The molecule has 2 aromatic carbocycles. The molecule has 29 heavy (non-hydrogen) atoms. The first-order valence-electron chi connectivity index (χ1n) is 9.53. The van der Waals surface area contributed by atoms with Gasteiger partial charge >= 0.3 is 5.97 Å². The van der Waals surface area contributed by atoms with Gasteiger partial charge in [-0.25, -0.2) is 9.78 Å². The standard InChI is InChI=1S/C22H25N5O2/c1-4-27(5-2)19-12-10-17(11-13-19)24-20-14-15-23-22(26-20)25-18-8-6-16(7-9-18)21(28)29-3/h6-15H,4-5H2,1-3H3,(H2,23,24,25,26). The topological polar surface area (TPSA) is 79.4 Å². The minimum Gasteiger partial charge on any atom is -0.465 e. The summed E-state index contributed by atoms with van der Waals surface area (Å²) in [5.41, 5.74) is 3.41.